The molecule has 0 bridgehead atoms. The van der Waals surface area contributed by atoms with E-state index in [1.54, 1.807) is 11.5 Å². The number of fused-ring (bicyclic) bond motifs is 2. The normalized spacial score (nSPS) is 12.7. The smallest absolute Gasteiger partial charge is 0.348 e. The van der Waals surface area contributed by atoms with Gasteiger partial charge in [0.05, 0.1) is 12.0 Å². The van der Waals surface area contributed by atoms with Crippen molar-refractivity contribution in [3.63, 3.8) is 0 Å². The molecule has 2 aromatic heterocycles. The largest absolute Gasteiger partial charge is 0.494 e. The van der Waals surface area contributed by atoms with Crippen LogP contribution in [0.1, 0.15) is 40.8 Å². The van der Waals surface area contributed by atoms with Crippen LogP contribution in [0.15, 0.2) is 29.1 Å². The number of hydrogen-bond acceptors (Lipinski definition) is 7. The minimum Gasteiger partial charge on any atom is -0.494 e. The van der Waals surface area contributed by atoms with Crippen molar-refractivity contribution in [2.45, 2.75) is 39.7 Å². The second kappa shape index (κ2) is 8.87. The maximum atomic E-state index is 12.7. The zero-order valence-electron chi connectivity index (χ0n) is 17.1. The molecule has 0 spiro atoms. The summed E-state index contributed by atoms with van der Waals surface area (Å²) in [6.45, 7) is 5.55. The molecule has 0 amide bonds. The first-order valence-corrected chi connectivity index (χ1v) is 11.0. The molecule has 158 valence electrons. The second-order valence-electron chi connectivity index (χ2n) is 7.13. The van der Waals surface area contributed by atoms with E-state index in [-0.39, 0.29) is 18.8 Å². The van der Waals surface area contributed by atoms with Gasteiger partial charge in [0.25, 0.3) is 5.56 Å². The standard InChI is InChI=1S/C22H24N2O5S/c1-3-11-27-15-6-8-16(9-7-15)28-12-13-29-22(26)19-14(2)18-20(30-19)23-17-5-4-10-24(17)21(18)25/h6-9H,3-5,10-13H2,1-2H3. The highest BCUT2D eigenvalue weighted by Crippen LogP contribution is 2.29. The maximum absolute atomic E-state index is 12.7. The van der Waals surface area contributed by atoms with Crippen molar-refractivity contribution in [1.82, 2.24) is 9.55 Å². The van der Waals surface area contributed by atoms with Crippen LogP contribution in [-0.2, 0) is 17.7 Å². The van der Waals surface area contributed by atoms with E-state index in [9.17, 15) is 9.59 Å². The van der Waals surface area contributed by atoms with Crippen LogP contribution in [-0.4, -0.2) is 35.3 Å². The van der Waals surface area contributed by atoms with Crippen molar-refractivity contribution in [2.75, 3.05) is 19.8 Å². The number of hydrogen-bond donors (Lipinski definition) is 0. The molecule has 8 heteroatoms. The molecule has 3 aromatic rings. The summed E-state index contributed by atoms with van der Waals surface area (Å²) in [6.07, 6.45) is 2.68. The van der Waals surface area contributed by atoms with Gasteiger partial charge in [0.1, 0.15) is 40.2 Å². The average molecular weight is 429 g/mol. The lowest BCUT2D eigenvalue weighted by Gasteiger charge is -2.08. The number of carbonyl (C=O) groups excluding carboxylic acids is 1. The molecule has 1 aromatic carbocycles. The minimum absolute atomic E-state index is 0.0602. The number of benzene rings is 1. The lowest BCUT2D eigenvalue weighted by atomic mass is 10.2. The summed E-state index contributed by atoms with van der Waals surface area (Å²) in [5.41, 5.74) is 0.582. The molecule has 4 rings (SSSR count). The Morgan fingerprint density at radius 1 is 1.13 bits per heavy atom. The zero-order valence-corrected chi connectivity index (χ0v) is 17.9. The van der Waals surface area contributed by atoms with Gasteiger partial charge in [-0.15, -0.1) is 11.3 Å². The Kier molecular flexibility index (Phi) is 6.03. The van der Waals surface area contributed by atoms with Gasteiger partial charge < -0.3 is 14.2 Å². The van der Waals surface area contributed by atoms with Gasteiger partial charge >= 0.3 is 5.97 Å². The van der Waals surface area contributed by atoms with E-state index in [1.165, 1.54) is 11.3 Å². The number of nitrogens with zero attached hydrogens (tertiary/aromatic N) is 2. The summed E-state index contributed by atoms with van der Waals surface area (Å²) < 4.78 is 18.2. The fourth-order valence-electron chi connectivity index (χ4n) is 3.48. The van der Waals surface area contributed by atoms with Gasteiger partial charge in [-0.25, -0.2) is 9.78 Å². The van der Waals surface area contributed by atoms with E-state index in [1.807, 2.05) is 24.3 Å². The fraction of sp³-hybridized carbons (Fsp3) is 0.409. The number of carbonyl (C=O) groups is 1. The molecule has 30 heavy (non-hydrogen) atoms. The van der Waals surface area contributed by atoms with Crippen molar-refractivity contribution in [2.24, 2.45) is 0 Å². The highest BCUT2D eigenvalue weighted by Gasteiger charge is 2.23. The van der Waals surface area contributed by atoms with Crippen molar-refractivity contribution < 1.29 is 19.0 Å². The van der Waals surface area contributed by atoms with Gasteiger partial charge in [-0.2, -0.15) is 0 Å². The number of ether oxygens (including phenoxy) is 3. The van der Waals surface area contributed by atoms with Gasteiger partial charge in [-0.1, -0.05) is 6.92 Å². The van der Waals surface area contributed by atoms with E-state index in [0.29, 0.717) is 39.6 Å². The topological polar surface area (TPSA) is 79.7 Å². The first kappa shape index (κ1) is 20.4. The summed E-state index contributed by atoms with van der Waals surface area (Å²) in [4.78, 5) is 30.9. The Morgan fingerprint density at radius 3 is 2.53 bits per heavy atom. The number of esters is 1. The van der Waals surface area contributed by atoms with Crippen LogP contribution in [0.2, 0.25) is 0 Å². The second-order valence-corrected chi connectivity index (χ2v) is 8.13. The van der Waals surface area contributed by atoms with Crippen molar-refractivity contribution in [3.05, 3.63) is 50.9 Å². The number of rotatable bonds is 8. The predicted octanol–water partition coefficient (Wildman–Crippen LogP) is 3.74. The van der Waals surface area contributed by atoms with E-state index in [2.05, 4.69) is 11.9 Å². The molecule has 0 unspecified atom stereocenters. The maximum Gasteiger partial charge on any atom is 0.348 e. The molecular formula is C22H24N2O5S. The van der Waals surface area contributed by atoms with Gasteiger partial charge in [0.2, 0.25) is 0 Å². The summed E-state index contributed by atoms with van der Waals surface area (Å²) in [5.74, 6) is 1.83. The SMILES string of the molecule is CCCOc1ccc(OCCOC(=O)c2sc3nc4n(c(=O)c3c2C)CCC4)cc1. The Labute approximate surface area is 178 Å². The molecule has 0 atom stereocenters. The average Bonchev–Trinajstić information content (AvgIpc) is 3.35. The molecule has 0 N–H and O–H groups in total. The molecule has 3 heterocycles. The molecule has 7 nitrogen and oxygen atoms in total. The highest BCUT2D eigenvalue weighted by molar-refractivity contribution is 7.20. The molecule has 0 saturated heterocycles. The lowest BCUT2D eigenvalue weighted by molar-refractivity contribution is 0.0455. The first-order chi connectivity index (χ1) is 14.6. The summed E-state index contributed by atoms with van der Waals surface area (Å²) in [6, 6.07) is 7.34. The summed E-state index contributed by atoms with van der Waals surface area (Å²) >= 11 is 1.22. The molecular weight excluding hydrogens is 404 g/mol. The Morgan fingerprint density at radius 2 is 1.83 bits per heavy atom. The Bertz CT molecular complexity index is 1120. The molecule has 0 saturated carbocycles. The van der Waals surface area contributed by atoms with Crippen LogP contribution in [0, 0.1) is 6.92 Å². The van der Waals surface area contributed by atoms with E-state index in [4.69, 9.17) is 14.2 Å². The third-order valence-electron chi connectivity index (χ3n) is 4.98. The summed E-state index contributed by atoms with van der Waals surface area (Å²) in [7, 11) is 0. The number of aromatic nitrogens is 2. The first-order valence-electron chi connectivity index (χ1n) is 10.1. The predicted molar refractivity (Wildman–Crippen MR) is 115 cm³/mol. The van der Waals surface area contributed by atoms with Crippen LogP contribution in [0.5, 0.6) is 11.5 Å². The summed E-state index contributed by atoms with van der Waals surface area (Å²) in [5, 5.41) is 0.527. The zero-order chi connectivity index (χ0) is 21.1. The van der Waals surface area contributed by atoms with Crippen LogP contribution in [0.4, 0.5) is 0 Å². The van der Waals surface area contributed by atoms with Crippen molar-refractivity contribution in [1.29, 1.82) is 0 Å². The molecule has 0 fully saturated rings. The minimum atomic E-state index is -0.452. The molecule has 0 radical (unpaired) electrons. The quantitative estimate of drug-likeness (QED) is 0.402. The van der Waals surface area contributed by atoms with Gasteiger partial charge in [-0.3, -0.25) is 9.36 Å². The van der Waals surface area contributed by atoms with Gasteiger partial charge in [-0.05, 0) is 49.6 Å². The van der Waals surface area contributed by atoms with Crippen LogP contribution < -0.4 is 15.0 Å². The third kappa shape index (κ3) is 4.05. The lowest BCUT2D eigenvalue weighted by Crippen LogP contribution is -2.20. The molecule has 0 aliphatic carbocycles. The molecule has 1 aliphatic rings. The van der Waals surface area contributed by atoms with Crippen LogP contribution >= 0.6 is 11.3 Å². The van der Waals surface area contributed by atoms with Crippen LogP contribution in [0.25, 0.3) is 10.2 Å². The number of thiophene rings is 1. The van der Waals surface area contributed by atoms with Crippen molar-refractivity contribution in [3.8, 4) is 11.5 Å². The number of aryl methyl sites for hydroxylation is 2. The van der Waals surface area contributed by atoms with E-state index >= 15 is 0 Å². The van der Waals surface area contributed by atoms with Gasteiger partial charge in [0.15, 0.2) is 0 Å². The fourth-order valence-corrected chi connectivity index (χ4v) is 4.57. The Hall–Kier alpha value is -2.87. The monoisotopic (exact) mass is 428 g/mol. The highest BCUT2D eigenvalue weighted by atomic mass is 32.1. The van der Waals surface area contributed by atoms with Gasteiger partial charge in [0, 0.05) is 13.0 Å². The van der Waals surface area contributed by atoms with E-state index in [0.717, 1.165) is 30.8 Å². The van der Waals surface area contributed by atoms with Crippen molar-refractivity contribution >= 4 is 27.5 Å². The van der Waals surface area contributed by atoms with Crippen LogP contribution in [0.3, 0.4) is 0 Å². The molecule has 1 aliphatic heterocycles. The Balaban J connectivity index is 1.35. The van der Waals surface area contributed by atoms with E-state index < -0.39 is 5.97 Å². The third-order valence-corrected chi connectivity index (χ3v) is 6.14.